The van der Waals surface area contributed by atoms with Crippen LogP contribution < -0.4 is 4.74 Å². The summed E-state index contributed by atoms with van der Waals surface area (Å²) in [6.07, 6.45) is 17.6. The van der Waals surface area contributed by atoms with Crippen LogP contribution in [0.15, 0.2) is 72.8 Å². The number of fused-ring (bicyclic) bond motifs is 2. The fourth-order valence-electron chi connectivity index (χ4n) is 6.62. The third-order valence-electron chi connectivity index (χ3n) is 9.66. The van der Waals surface area contributed by atoms with Gasteiger partial charge >= 0.3 is 0 Å². The van der Waals surface area contributed by atoms with Crippen LogP contribution in [0.5, 0.6) is 5.75 Å². The van der Waals surface area contributed by atoms with Gasteiger partial charge in [-0.05, 0) is 68.5 Å². The second-order valence-corrected chi connectivity index (χ2v) is 13.8. The molecule has 5 rings (SSSR count). The number of carbonyl (C=O) groups is 4. The number of nitrogens with zero attached hydrogens (tertiary/aromatic N) is 2. The Balaban J connectivity index is 0.000000237. The number of benzene rings is 3. The van der Waals surface area contributed by atoms with Crippen LogP contribution in [0.4, 0.5) is 4.39 Å². The number of ether oxygens (including phenoxy) is 2. The predicted molar refractivity (Wildman–Crippen MR) is 206 cm³/mol. The Morgan fingerprint density at radius 2 is 0.868 bits per heavy atom. The molecule has 0 saturated carbocycles. The van der Waals surface area contributed by atoms with Crippen molar-refractivity contribution in [3.63, 3.8) is 0 Å². The van der Waals surface area contributed by atoms with Crippen molar-refractivity contribution in [1.82, 2.24) is 9.80 Å². The van der Waals surface area contributed by atoms with Gasteiger partial charge in [0.2, 0.25) is 0 Å². The Morgan fingerprint density at radius 3 is 1.30 bits per heavy atom. The standard InChI is InChI=1S/C22H24FNO3.C22H33NO3/c23-17-10-9-11-18(16-17)27-15-8-4-2-1-3-7-14-24-21(25)19-12-5-6-13-20(19)22(24)26;1-2-3-4-12-17-26-18-13-8-6-5-7-11-16-23-21(24)19-14-9-10-15-20(19)22(23)25/h5-6,9-13,16H,1-4,7-8,14-15H2;9-10,14-15H,2-8,11-13,16-18H2,1H3. The van der Waals surface area contributed by atoms with Gasteiger partial charge in [0.1, 0.15) is 11.6 Å². The van der Waals surface area contributed by atoms with Crippen LogP contribution in [0.3, 0.4) is 0 Å². The molecule has 2 aliphatic heterocycles. The summed E-state index contributed by atoms with van der Waals surface area (Å²) in [7, 11) is 0. The number of unbranched alkanes of at least 4 members (excludes halogenated alkanes) is 13. The lowest BCUT2D eigenvalue weighted by molar-refractivity contribution is 0.0636. The highest BCUT2D eigenvalue weighted by Gasteiger charge is 2.35. The quantitative estimate of drug-likeness (QED) is 0.0674. The van der Waals surface area contributed by atoms with E-state index < -0.39 is 0 Å². The first kappa shape index (κ1) is 41.4. The van der Waals surface area contributed by atoms with Crippen LogP contribution in [-0.4, -0.2) is 66.3 Å². The van der Waals surface area contributed by atoms with Crippen molar-refractivity contribution in [2.45, 2.75) is 110 Å². The summed E-state index contributed by atoms with van der Waals surface area (Å²) in [6, 6.07) is 20.3. The molecule has 0 unspecified atom stereocenters. The maximum atomic E-state index is 13.0. The third kappa shape index (κ3) is 13.2. The van der Waals surface area contributed by atoms with Gasteiger partial charge in [0, 0.05) is 32.4 Å². The highest BCUT2D eigenvalue weighted by Crippen LogP contribution is 2.24. The largest absolute Gasteiger partial charge is 0.493 e. The number of halogens is 1. The summed E-state index contributed by atoms with van der Waals surface area (Å²) >= 11 is 0. The van der Waals surface area contributed by atoms with E-state index in [1.807, 2.05) is 12.1 Å². The SMILES string of the molecule is CCCCCCOCCCCCCCCN1C(=O)c2ccccc2C1=O.O=C1c2ccccc2C(=O)N1CCCCCCCCOc1cccc(F)c1. The zero-order chi connectivity index (χ0) is 37.7. The number of hydrogen-bond acceptors (Lipinski definition) is 6. The van der Waals surface area contributed by atoms with Gasteiger partial charge in [-0.2, -0.15) is 0 Å². The maximum absolute atomic E-state index is 13.0. The van der Waals surface area contributed by atoms with E-state index in [0.717, 1.165) is 77.4 Å². The molecule has 0 fully saturated rings. The van der Waals surface area contributed by atoms with Crippen molar-refractivity contribution in [2.24, 2.45) is 0 Å². The van der Waals surface area contributed by atoms with E-state index in [1.165, 1.54) is 60.5 Å². The van der Waals surface area contributed by atoms with E-state index in [4.69, 9.17) is 9.47 Å². The van der Waals surface area contributed by atoms with Crippen LogP contribution >= 0.6 is 0 Å². The second kappa shape index (κ2) is 23.3. The zero-order valence-corrected chi connectivity index (χ0v) is 31.5. The van der Waals surface area contributed by atoms with Crippen LogP contribution in [0.25, 0.3) is 0 Å². The zero-order valence-electron chi connectivity index (χ0n) is 31.5. The third-order valence-corrected chi connectivity index (χ3v) is 9.66. The fourth-order valence-corrected chi connectivity index (χ4v) is 6.62. The van der Waals surface area contributed by atoms with Crippen LogP contribution in [0.2, 0.25) is 0 Å². The van der Waals surface area contributed by atoms with Crippen molar-refractivity contribution in [3.05, 3.63) is 101 Å². The lowest BCUT2D eigenvalue weighted by Gasteiger charge is -2.13. The Bertz CT molecular complexity index is 1540. The second-order valence-electron chi connectivity index (χ2n) is 13.8. The Labute approximate surface area is 315 Å². The molecule has 9 heteroatoms. The minimum atomic E-state index is -0.287. The molecular weight excluding hydrogens is 671 g/mol. The molecule has 2 heterocycles. The van der Waals surface area contributed by atoms with Gasteiger partial charge in [-0.15, -0.1) is 0 Å². The first-order valence-electron chi connectivity index (χ1n) is 19.8. The van der Waals surface area contributed by atoms with Gasteiger partial charge in [0.15, 0.2) is 0 Å². The molecule has 3 aromatic rings. The monoisotopic (exact) mass is 728 g/mol. The summed E-state index contributed by atoms with van der Waals surface area (Å²) < 4.78 is 24.2. The molecule has 2 aliphatic rings. The molecule has 0 spiro atoms. The Hall–Kier alpha value is -4.37. The molecule has 0 aromatic heterocycles. The summed E-state index contributed by atoms with van der Waals surface area (Å²) in [6.45, 7) is 5.60. The predicted octanol–water partition coefficient (Wildman–Crippen LogP) is 10.1. The number of carbonyl (C=O) groups excluding carboxylic acids is 4. The molecule has 0 N–H and O–H groups in total. The van der Waals surface area contributed by atoms with E-state index >= 15 is 0 Å². The van der Waals surface area contributed by atoms with Crippen LogP contribution in [0, 0.1) is 5.82 Å². The Kier molecular flexibility index (Phi) is 18.2. The van der Waals surface area contributed by atoms with Gasteiger partial charge in [0.25, 0.3) is 23.6 Å². The Morgan fingerprint density at radius 1 is 0.472 bits per heavy atom. The van der Waals surface area contributed by atoms with Crippen molar-refractivity contribution in [1.29, 1.82) is 0 Å². The lowest BCUT2D eigenvalue weighted by atomic mass is 10.1. The van der Waals surface area contributed by atoms with Gasteiger partial charge in [-0.3, -0.25) is 29.0 Å². The van der Waals surface area contributed by atoms with Gasteiger partial charge in [-0.1, -0.05) is 108 Å². The summed E-state index contributed by atoms with van der Waals surface area (Å²) in [5.74, 6) is -0.347. The van der Waals surface area contributed by atoms with Crippen molar-refractivity contribution in [2.75, 3.05) is 32.9 Å². The van der Waals surface area contributed by atoms with E-state index in [0.29, 0.717) is 47.7 Å². The molecule has 0 radical (unpaired) electrons. The number of hydrogen-bond donors (Lipinski definition) is 0. The topological polar surface area (TPSA) is 93.2 Å². The van der Waals surface area contributed by atoms with Crippen molar-refractivity contribution >= 4 is 23.6 Å². The minimum Gasteiger partial charge on any atom is -0.493 e. The smallest absolute Gasteiger partial charge is 0.261 e. The van der Waals surface area contributed by atoms with E-state index in [2.05, 4.69) is 6.92 Å². The molecule has 8 nitrogen and oxygen atoms in total. The molecule has 0 aliphatic carbocycles. The van der Waals surface area contributed by atoms with E-state index in [1.54, 1.807) is 48.5 Å². The van der Waals surface area contributed by atoms with Crippen LogP contribution in [-0.2, 0) is 4.74 Å². The molecule has 3 aromatic carbocycles. The number of imide groups is 2. The van der Waals surface area contributed by atoms with E-state index in [-0.39, 0.29) is 29.4 Å². The molecule has 286 valence electrons. The molecule has 53 heavy (non-hydrogen) atoms. The van der Waals surface area contributed by atoms with Gasteiger partial charge in [0.05, 0.1) is 28.9 Å². The molecule has 0 atom stereocenters. The average Bonchev–Trinajstić information content (AvgIpc) is 3.56. The lowest BCUT2D eigenvalue weighted by Crippen LogP contribution is -2.30. The minimum absolute atomic E-state index is 0.137. The number of rotatable bonds is 24. The average molecular weight is 729 g/mol. The van der Waals surface area contributed by atoms with Crippen LogP contribution in [0.1, 0.15) is 151 Å². The summed E-state index contributed by atoms with van der Waals surface area (Å²) in [5.41, 5.74) is 2.13. The molecule has 0 bridgehead atoms. The number of amides is 4. The van der Waals surface area contributed by atoms with Gasteiger partial charge in [-0.25, -0.2) is 4.39 Å². The highest BCUT2D eigenvalue weighted by atomic mass is 19.1. The first-order valence-corrected chi connectivity index (χ1v) is 19.8. The van der Waals surface area contributed by atoms with Crippen molar-refractivity contribution < 1.29 is 33.0 Å². The highest BCUT2D eigenvalue weighted by molar-refractivity contribution is 6.22. The molecule has 0 saturated heterocycles. The van der Waals surface area contributed by atoms with E-state index in [9.17, 15) is 23.6 Å². The fraction of sp³-hybridized carbons (Fsp3) is 0.500. The summed E-state index contributed by atoms with van der Waals surface area (Å²) in [5, 5.41) is 0. The first-order chi connectivity index (χ1) is 25.9. The normalized spacial score (nSPS) is 13.3. The van der Waals surface area contributed by atoms with Crippen molar-refractivity contribution in [3.8, 4) is 5.75 Å². The summed E-state index contributed by atoms with van der Waals surface area (Å²) in [4.78, 5) is 51.8. The maximum Gasteiger partial charge on any atom is 0.261 e. The molecular formula is C44H57FN2O6. The molecule has 4 amide bonds. The van der Waals surface area contributed by atoms with Gasteiger partial charge < -0.3 is 9.47 Å².